The zero-order chi connectivity index (χ0) is 17.2. The summed E-state index contributed by atoms with van der Waals surface area (Å²) in [6.45, 7) is 4.36. The minimum absolute atomic E-state index is 0.0810. The van der Waals surface area contributed by atoms with E-state index in [0.717, 1.165) is 23.3 Å². The lowest BCUT2D eigenvalue weighted by molar-refractivity contribution is -0.133. The van der Waals surface area contributed by atoms with Gasteiger partial charge in [0.2, 0.25) is 5.91 Å². The summed E-state index contributed by atoms with van der Waals surface area (Å²) in [5.41, 5.74) is 2.88. The second-order valence-corrected chi connectivity index (χ2v) is 6.37. The van der Waals surface area contributed by atoms with Crippen molar-refractivity contribution in [3.8, 4) is 0 Å². The van der Waals surface area contributed by atoms with Gasteiger partial charge >= 0.3 is 0 Å². The van der Waals surface area contributed by atoms with E-state index in [-0.39, 0.29) is 18.5 Å². The first-order valence-electron chi connectivity index (χ1n) is 8.56. The molecule has 3 aromatic rings. The normalized spacial score (nSPS) is 17.8. The largest absolute Gasteiger partial charge is 0.338 e. The average Bonchev–Trinajstić information content (AvgIpc) is 2.98. The number of amides is 1. The topological polar surface area (TPSA) is 63.1 Å². The van der Waals surface area contributed by atoms with Gasteiger partial charge in [-0.25, -0.2) is 9.67 Å². The van der Waals surface area contributed by atoms with Gasteiger partial charge in [-0.15, -0.1) is 0 Å². The van der Waals surface area contributed by atoms with Crippen LogP contribution in [0.15, 0.2) is 48.7 Å². The van der Waals surface area contributed by atoms with Crippen LogP contribution < -0.4 is 5.32 Å². The molecule has 0 spiro atoms. The van der Waals surface area contributed by atoms with Crippen molar-refractivity contribution in [3.63, 3.8) is 0 Å². The van der Waals surface area contributed by atoms with Crippen molar-refractivity contribution < 1.29 is 4.79 Å². The highest BCUT2D eigenvalue weighted by atomic mass is 16.2. The SMILES string of the molecule is Cc1nn(CC(=O)N2CCNC(c3ccccc3)C2)c2ncccc12. The Balaban J connectivity index is 1.50. The molecule has 1 amide bonds. The molecule has 4 rings (SSSR count). The third kappa shape index (κ3) is 3.13. The van der Waals surface area contributed by atoms with E-state index < -0.39 is 0 Å². The van der Waals surface area contributed by atoms with Crippen LogP contribution >= 0.6 is 0 Å². The van der Waals surface area contributed by atoms with Crippen LogP contribution in [0.3, 0.4) is 0 Å². The lowest BCUT2D eigenvalue weighted by Gasteiger charge is -2.34. The molecule has 1 aliphatic heterocycles. The van der Waals surface area contributed by atoms with Crippen LogP contribution in [0.5, 0.6) is 0 Å². The van der Waals surface area contributed by atoms with Crippen molar-refractivity contribution in [2.24, 2.45) is 0 Å². The number of nitrogens with zero attached hydrogens (tertiary/aromatic N) is 4. The number of hydrogen-bond acceptors (Lipinski definition) is 4. The van der Waals surface area contributed by atoms with Gasteiger partial charge in [0, 0.05) is 37.3 Å². The number of fused-ring (bicyclic) bond motifs is 1. The first-order valence-corrected chi connectivity index (χ1v) is 8.56. The second-order valence-electron chi connectivity index (χ2n) is 6.37. The number of benzene rings is 1. The zero-order valence-corrected chi connectivity index (χ0v) is 14.2. The quantitative estimate of drug-likeness (QED) is 0.794. The van der Waals surface area contributed by atoms with Gasteiger partial charge in [0.25, 0.3) is 0 Å². The van der Waals surface area contributed by atoms with Crippen molar-refractivity contribution in [1.82, 2.24) is 25.0 Å². The van der Waals surface area contributed by atoms with E-state index in [9.17, 15) is 4.79 Å². The van der Waals surface area contributed by atoms with E-state index in [1.54, 1.807) is 10.9 Å². The number of carbonyl (C=O) groups excluding carboxylic acids is 1. The van der Waals surface area contributed by atoms with E-state index in [2.05, 4.69) is 27.5 Å². The Labute approximate surface area is 146 Å². The van der Waals surface area contributed by atoms with Crippen molar-refractivity contribution >= 4 is 16.9 Å². The molecule has 1 atom stereocenters. The molecule has 6 nitrogen and oxygen atoms in total. The van der Waals surface area contributed by atoms with Crippen LogP contribution in [0.4, 0.5) is 0 Å². The number of aryl methyl sites for hydroxylation is 1. The number of pyridine rings is 1. The van der Waals surface area contributed by atoms with Gasteiger partial charge in [-0.3, -0.25) is 4.79 Å². The van der Waals surface area contributed by atoms with Crippen molar-refractivity contribution in [2.45, 2.75) is 19.5 Å². The Bertz CT molecular complexity index is 889. The summed E-state index contributed by atoms with van der Waals surface area (Å²) in [6, 6.07) is 14.3. The molecule has 0 bridgehead atoms. The molecular weight excluding hydrogens is 314 g/mol. The number of hydrogen-bond donors (Lipinski definition) is 1. The summed E-state index contributed by atoms with van der Waals surface area (Å²) < 4.78 is 1.71. The lowest BCUT2D eigenvalue weighted by atomic mass is 10.0. The Morgan fingerprint density at radius 3 is 2.92 bits per heavy atom. The van der Waals surface area contributed by atoms with Crippen molar-refractivity contribution in [3.05, 3.63) is 59.9 Å². The van der Waals surface area contributed by atoms with Gasteiger partial charge in [-0.2, -0.15) is 5.10 Å². The minimum atomic E-state index is 0.0810. The number of piperazine rings is 1. The third-order valence-electron chi connectivity index (χ3n) is 4.71. The summed E-state index contributed by atoms with van der Waals surface area (Å²) in [4.78, 5) is 19.1. The van der Waals surface area contributed by atoms with Gasteiger partial charge in [0.05, 0.1) is 5.69 Å². The fraction of sp³-hybridized carbons (Fsp3) is 0.316. The molecule has 128 valence electrons. The van der Waals surface area contributed by atoms with Crippen LogP contribution in [-0.2, 0) is 11.3 Å². The van der Waals surface area contributed by atoms with Crippen LogP contribution in [-0.4, -0.2) is 45.2 Å². The predicted octanol–water partition coefficient (Wildman–Crippen LogP) is 1.91. The standard InChI is InChI=1S/C19H21N5O/c1-14-16-8-5-9-21-19(16)24(22-14)13-18(25)23-11-10-20-17(12-23)15-6-3-2-4-7-15/h2-9,17,20H,10-13H2,1H3. The zero-order valence-electron chi connectivity index (χ0n) is 14.2. The van der Waals surface area contributed by atoms with Gasteiger partial charge in [0.15, 0.2) is 5.65 Å². The molecule has 0 aliphatic carbocycles. The molecule has 0 saturated carbocycles. The molecule has 1 N–H and O–H groups in total. The molecular formula is C19H21N5O. The maximum Gasteiger partial charge on any atom is 0.244 e. The molecule has 1 saturated heterocycles. The number of rotatable bonds is 3. The van der Waals surface area contributed by atoms with E-state index in [0.29, 0.717) is 13.1 Å². The molecule has 1 fully saturated rings. The monoisotopic (exact) mass is 335 g/mol. The fourth-order valence-corrected chi connectivity index (χ4v) is 3.39. The summed E-state index contributed by atoms with van der Waals surface area (Å²) in [5.74, 6) is 0.0810. The van der Waals surface area contributed by atoms with Gasteiger partial charge in [-0.1, -0.05) is 30.3 Å². The van der Waals surface area contributed by atoms with E-state index in [1.165, 1.54) is 5.56 Å². The Kier molecular flexibility index (Phi) is 4.19. The molecule has 6 heteroatoms. The molecule has 1 unspecified atom stereocenters. The predicted molar refractivity (Wildman–Crippen MR) is 96.0 cm³/mol. The molecule has 1 aliphatic rings. The van der Waals surface area contributed by atoms with E-state index in [1.807, 2.05) is 42.2 Å². The summed E-state index contributed by atoms with van der Waals surface area (Å²) >= 11 is 0. The van der Waals surface area contributed by atoms with Gasteiger partial charge in [0.1, 0.15) is 6.54 Å². The Hall–Kier alpha value is -2.73. The average molecular weight is 335 g/mol. The molecule has 1 aromatic carbocycles. The summed E-state index contributed by atoms with van der Waals surface area (Å²) in [6.07, 6.45) is 1.74. The third-order valence-corrected chi connectivity index (χ3v) is 4.71. The van der Waals surface area contributed by atoms with E-state index in [4.69, 9.17) is 0 Å². The first kappa shape index (κ1) is 15.8. The molecule has 2 aromatic heterocycles. The molecule has 3 heterocycles. The first-order chi connectivity index (χ1) is 12.2. The van der Waals surface area contributed by atoms with Gasteiger partial charge < -0.3 is 10.2 Å². The molecule has 0 radical (unpaired) electrons. The number of carbonyl (C=O) groups is 1. The van der Waals surface area contributed by atoms with Crippen molar-refractivity contribution in [1.29, 1.82) is 0 Å². The van der Waals surface area contributed by atoms with Gasteiger partial charge in [-0.05, 0) is 24.6 Å². The smallest absolute Gasteiger partial charge is 0.244 e. The Morgan fingerprint density at radius 2 is 2.08 bits per heavy atom. The fourth-order valence-electron chi connectivity index (χ4n) is 3.39. The van der Waals surface area contributed by atoms with E-state index >= 15 is 0 Å². The lowest BCUT2D eigenvalue weighted by Crippen LogP contribution is -2.49. The number of aromatic nitrogens is 3. The number of nitrogens with one attached hydrogen (secondary N) is 1. The molecule has 25 heavy (non-hydrogen) atoms. The minimum Gasteiger partial charge on any atom is -0.338 e. The highest BCUT2D eigenvalue weighted by Crippen LogP contribution is 2.18. The maximum absolute atomic E-state index is 12.8. The van der Waals surface area contributed by atoms with Crippen molar-refractivity contribution in [2.75, 3.05) is 19.6 Å². The summed E-state index contributed by atoms with van der Waals surface area (Å²) in [5, 5.41) is 8.98. The summed E-state index contributed by atoms with van der Waals surface area (Å²) in [7, 11) is 0. The van der Waals surface area contributed by atoms with Crippen LogP contribution in [0.2, 0.25) is 0 Å². The van der Waals surface area contributed by atoms with Crippen LogP contribution in [0, 0.1) is 6.92 Å². The highest BCUT2D eigenvalue weighted by Gasteiger charge is 2.25. The van der Waals surface area contributed by atoms with Crippen LogP contribution in [0.1, 0.15) is 17.3 Å². The second kappa shape index (κ2) is 6.64. The Morgan fingerprint density at radius 1 is 1.24 bits per heavy atom. The van der Waals surface area contributed by atoms with Crippen LogP contribution in [0.25, 0.3) is 11.0 Å². The highest BCUT2D eigenvalue weighted by molar-refractivity contribution is 5.81. The maximum atomic E-state index is 12.8.